The molecule has 12 heteroatoms. The van der Waals surface area contributed by atoms with Crippen LogP contribution in [0.5, 0.6) is 0 Å². The van der Waals surface area contributed by atoms with Gasteiger partial charge in [-0.1, -0.05) is 42.5 Å². The lowest BCUT2D eigenvalue weighted by Gasteiger charge is -2.18. The summed E-state index contributed by atoms with van der Waals surface area (Å²) in [4.78, 5) is 0. The Morgan fingerprint density at radius 1 is 0.783 bits per heavy atom. The number of alkyl halides is 6. The van der Waals surface area contributed by atoms with Gasteiger partial charge in [0.05, 0.1) is 0 Å². The van der Waals surface area contributed by atoms with Crippen LogP contribution < -0.4 is 0 Å². The molecule has 0 amide bonds. The summed E-state index contributed by atoms with van der Waals surface area (Å²) in [7, 11) is -13.3. The molecule has 0 spiro atoms. The van der Waals surface area contributed by atoms with Gasteiger partial charge in [-0.3, -0.25) is 0 Å². The molecule has 23 heavy (non-hydrogen) atoms. The summed E-state index contributed by atoms with van der Waals surface area (Å²) < 4.78 is 116. The molecule has 1 aromatic rings. The molecule has 0 aromatic heterocycles. The Kier molecular flexibility index (Phi) is 5.21. The van der Waals surface area contributed by atoms with Crippen molar-refractivity contribution in [1.82, 2.24) is 0 Å². The van der Waals surface area contributed by atoms with Crippen LogP contribution in [0, 0.1) is 0 Å². The second-order valence-corrected chi connectivity index (χ2v) is 8.54. The van der Waals surface area contributed by atoms with E-state index in [9.17, 15) is 43.2 Å². The highest BCUT2D eigenvalue weighted by Crippen LogP contribution is 2.37. The fourth-order valence-electron chi connectivity index (χ4n) is 1.39. The van der Waals surface area contributed by atoms with Gasteiger partial charge < -0.3 is 0 Å². The summed E-state index contributed by atoms with van der Waals surface area (Å²) in [5.74, 6) is 0. The minimum Gasteiger partial charge on any atom is -0.218 e. The zero-order chi connectivity index (χ0) is 18.1. The van der Waals surface area contributed by atoms with Crippen molar-refractivity contribution in [2.24, 2.45) is 0 Å². The number of benzene rings is 1. The van der Waals surface area contributed by atoms with Crippen molar-refractivity contribution >= 4 is 25.8 Å². The van der Waals surface area contributed by atoms with E-state index in [0.717, 1.165) is 0 Å². The third kappa shape index (κ3) is 4.05. The maximum absolute atomic E-state index is 12.5. The van der Waals surface area contributed by atoms with Crippen molar-refractivity contribution in [3.8, 4) is 0 Å². The Labute approximate surface area is 127 Å². The Balaban J connectivity index is 3.50. The maximum Gasteiger partial charge on any atom is 0.499 e. The van der Waals surface area contributed by atoms with E-state index in [2.05, 4.69) is 0 Å². The standard InChI is InChI=1S/C11H8F6O4S2/c12-10(13,14)22(18,19)9(23(20,21)11(15,16)17)7-6-8-4-2-1-3-5-8/h1-7,9H/b7-6+. The molecule has 4 nitrogen and oxygen atoms in total. The Bertz CT molecular complexity index is 732. The van der Waals surface area contributed by atoms with E-state index in [1.807, 2.05) is 0 Å². The van der Waals surface area contributed by atoms with Crippen molar-refractivity contribution in [3.63, 3.8) is 0 Å². The molecule has 0 bridgehead atoms. The normalized spacial score (nSPS) is 14.6. The summed E-state index contributed by atoms with van der Waals surface area (Å²) in [6.45, 7) is 0. The first-order chi connectivity index (χ1) is 10.2. The minimum absolute atomic E-state index is 0.0206. The number of rotatable bonds is 4. The lowest BCUT2D eigenvalue weighted by molar-refractivity contribution is -0.0465. The Hall–Kier alpha value is -1.56. The highest BCUT2D eigenvalue weighted by atomic mass is 32.3. The largest absolute Gasteiger partial charge is 0.499 e. The summed E-state index contributed by atoms with van der Waals surface area (Å²) in [6.07, 6.45) is 0.401. The molecule has 130 valence electrons. The smallest absolute Gasteiger partial charge is 0.218 e. The van der Waals surface area contributed by atoms with Gasteiger partial charge in [0.25, 0.3) is 19.7 Å². The first-order valence-electron chi connectivity index (χ1n) is 5.55. The number of halogens is 6. The van der Waals surface area contributed by atoms with Crippen molar-refractivity contribution in [2.45, 2.75) is 15.6 Å². The molecule has 0 aliphatic heterocycles. The number of hydrogen-bond donors (Lipinski definition) is 0. The third-order valence-electron chi connectivity index (χ3n) is 2.50. The molecule has 0 unspecified atom stereocenters. The Morgan fingerprint density at radius 3 is 1.52 bits per heavy atom. The first kappa shape index (κ1) is 19.5. The molecule has 0 aliphatic carbocycles. The fourth-order valence-corrected chi connectivity index (χ4v) is 4.48. The molecule has 1 aromatic carbocycles. The highest BCUT2D eigenvalue weighted by Gasteiger charge is 2.61. The van der Waals surface area contributed by atoms with Crippen molar-refractivity contribution in [1.29, 1.82) is 0 Å². The second kappa shape index (κ2) is 6.15. The van der Waals surface area contributed by atoms with Gasteiger partial charge in [0.15, 0.2) is 4.58 Å². The van der Waals surface area contributed by atoms with E-state index in [-0.39, 0.29) is 11.6 Å². The topological polar surface area (TPSA) is 68.3 Å². The van der Waals surface area contributed by atoms with Crippen LogP contribution in [0.1, 0.15) is 5.56 Å². The molecule has 0 heterocycles. The van der Waals surface area contributed by atoms with Gasteiger partial charge in [0.2, 0.25) is 0 Å². The molecule has 1 rings (SSSR count). The van der Waals surface area contributed by atoms with Gasteiger partial charge in [0.1, 0.15) is 0 Å². The molecular weight excluding hydrogens is 374 g/mol. The SMILES string of the molecule is O=S(=O)(C(/C=C/c1ccccc1)S(=O)(=O)C(F)(F)F)C(F)(F)F. The average molecular weight is 382 g/mol. The monoisotopic (exact) mass is 382 g/mol. The van der Waals surface area contributed by atoms with E-state index in [0.29, 0.717) is 6.08 Å². The van der Waals surface area contributed by atoms with Crippen molar-refractivity contribution < 1.29 is 43.2 Å². The summed E-state index contributed by atoms with van der Waals surface area (Å²) in [5, 5.41) is 0. The third-order valence-corrected chi connectivity index (χ3v) is 6.85. The van der Waals surface area contributed by atoms with Gasteiger partial charge in [-0.2, -0.15) is 26.3 Å². The van der Waals surface area contributed by atoms with Crippen LogP contribution >= 0.6 is 0 Å². The van der Waals surface area contributed by atoms with E-state index in [1.165, 1.54) is 30.3 Å². The van der Waals surface area contributed by atoms with Crippen molar-refractivity contribution in [3.05, 3.63) is 42.0 Å². The molecule has 0 N–H and O–H groups in total. The quantitative estimate of drug-likeness (QED) is 0.751. The van der Waals surface area contributed by atoms with Gasteiger partial charge in [0, 0.05) is 0 Å². The van der Waals surface area contributed by atoms with Gasteiger partial charge in [-0.05, 0) is 5.56 Å². The zero-order valence-electron chi connectivity index (χ0n) is 10.8. The lowest BCUT2D eigenvalue weighted by atomic mass is 10.2. The highest BCUT2D eigenvalue weighted by molar-refractivity contribution is 8.10. The number of sulfone groups is 2. The molecule has 0 saturated carbocycles. The molecule has 0 radical (unpaired) electrons. The lowest BCUT2D eigenvalue weighted by Crippen LogP contribution is -2.43. The van der Waals surface area contributed by atoms with E-state index in [1.54, 1.807) is 0 Å². The van der Waals surface area contributed by atoms with Gasteiger partial charge in [-0.15, -0.1) is 0 Å². The average Bonchev–Trinajstić information content (AvgIpc) is 2.37. The fraction of sp³-hybridized carbons (Fsp3) is 0.273. The molecule has 0 saturated heterocycles. The van der Waals surface area contributed by atoms with E-state index in [4.69, 9.17) is 0 Å². The predicted molar refractivity (Wildman–Crippen MR) is 69.2 cm³/mol. The van der Waals surface area contributed by atoms with Crippen LogP contribution in [0.15, 0.2) is 36.4 Å². The summed E-state index contributed by atoms with van der Waals surface area (Å²) in [6, 6.07) is 6.67. The maximum atomic E-state index is 12.5. The van der Waals surface area contributed by atoms with Crippen LogP contribution in [0.25, 0.3) is 6.08 Å². The van der Waals surface area contributed by atoms with Crippen LogP contribution in [-0.4, -0.2) is 32.4 Å². The van der Waals surface area contributed by atoms with E-state index >= 15 is 0 Å². The van der Waals surface area contributed by atoms with E-state index < -0.39 is 35.3 Å². The van der Waals surface area contributed by atoms with Crippen LogP contribution in [0.2, 0.25) is 0 Å². The van der Waals surface area contributed by atoms with Crippen molar-refractivity contribution in [2.75, 3.05) is 0 Å². The second-order valence-electron chi connectivity index (χ2n) is 4.12. The van der Waals surface area contributed by atoms with Gasteiger partial charge in [-0.25, -0.2) is 16.8 Å². The molecule has 0 fully saturated rings. The minimum atomic E-state index is -6.64. The zero-order valence-corrected chi connectivity index (χ0v) is 12.5. The van der Waals surface area contributed by atoms with Gasteiger partial charge >= 0.3 is 11.0 Å². The van der Waals surface area contributed by atoms with Crippen LogP contribution in [0.3, 0.4) is 0 Å². The predicted octanol–water partition coefficient (Wildman–Crippen LogP) is 2.90. The van der Waals surface area contributed by atoms with Crippen LogP contribution in [-0.2, 0) is 19.7 Å². The summed E-state index contributed by atoms with van der Waals surface area (Å²) >= 11 is 0. The summed E-state index contributed by atoms with van der Waals surface area (Å²) in [5.41, 5.74) is -12.3. The first-order valence-corrected chi connectivity index (χ1v) is 8.64. The number of hydrogen-bond acceptors (Lipinski definition) is 4. The molecule has 0 atom stereocenters. The molecule has 0 aliphatic rings. The molecular formula is C11H8F6O4S2. The van der Waals surface area contributed by atoms with Crippen LogP contribution in [0.4, 0.5) is 26.3 Å². The Morgan fingerprint density at radius 2 is 1.17 bits per heavy atom.